The molecular formula is C15H17FN2O3S2. The van der Waals surface area contributed by atoms with E-state index in [1.165, 1.54) is 23.5 Å². The number of morpholine rings is 1. The first-order valence-corrected chi connectivity index (χ1v) is 9.47. The van der Waals surface area contributed by atoms with Crippen LogP contribution >= 0.6 is 11.3 Å². The number of halogens is 1. The topological polar surface area (TPSA) is 58.6 Å². The van der Waals surface area contributed by atoms with E-state index >= 15 is 0 Å². The van der Waals surface area contributed by atoms with Gasteiger partial charge in [0, 0.05) is 24.0 Å². The van der Waals surface area contributed by atoms with Gasteiger partial charge in [-0.2, -0.15) is 0 Å². The second-order valence-electron chi connectivity index (χ2n) is 5.23. The highest BCUT2D eigenvalue weighted by Gasteiger charge is 2.21. The van der Waals surface area contributed by atoms with Crippen molar-refractivity contribution < 1.29 is 17.5 Å². The van der Waals surface area contributed by atoms with E-state index in [1.54, 1.807) is 18.2 Å². The maximum Gasteiger partial charge on any atom is 0.271 e. The third kappa shape index (κ3) is 3.65. The lowest BCUT2D eigenvalue weighted by atomic mass is 10.2. The Morgan fingerprint density at radius 1 is 1.22 bits per heavy atom. The van der Waals surface area contributed by atoms with Gasteiger partial charge in [0.15, 0.2) is 0 Å². The maximum absolute atomic E-state index is 13.6. The van der Waals surface area contributed by atoms with Crippen molar-refractivity contribution in [2.75, 3.05) is 35.9 Å². The molecule has 5 nitrogen and oxygen atoms in total. The molecule has 1 saturated heterocycles. The molecule has 1 aromatic heterocycles. The van der Waals surface area contributed by atoms with E-state index in [2.05, 4.69) is 4.72 Å². The van der Waals surface area contributed by atoms with E-state index in [0.717, 1.165) is 4.88 Å². The van der Waals surface area contributed by atoms with Crippen LogP contribution < -0.4 is 9.62 Å². The van der Waals surface area contributed by atoms with Crippen molar-refractivity contribution in [3.8, 4) is 0 Å². The molecule has 0 aliphatic carbocycles. The number of nitrogens with one attached hydrogen (secondary N) is 1. The average Bonchev–Trinajstić information content (AvgIpc) is 2.95. The molecule has 23 heavy (non-hydrogen) atoms. The van der Waals surface area contributed by atoms with Crippen LogP contribution in [0.3, 0.4) is 0 Å². The number of benzene rings is 1. The molecule has 2 aromatic rings. The molecule has 1 fully saturated rings. The fourth-order valence-corrected chi connectivity index (χ4v) is 4.77. The summed E-state index contributed by atoms with van der Waals surface area (Å²) in [5.74, 6) is -0.484. The van der Waals surface area contributed by atoms with Crippen LogP contribution in [0, 0.1) is 12.7 Å². The fraction of sp³-hybridized carbons (Fsp3) is 0.333. The van der Waals surface area contributed by atoms with Gasteiger partial charge in [-0.05, 0) is 31.2 Å². The zero-order valence-corrected chi connectivity index (χ0v) is 14.2. The number of hydrogen-bond donors (Lipinski definition) is 1. The van der Waals surface area contributed by atoms with Crippen LogP contribution in [0.4, 0.5) is 15.8 Å². The van der Waals surface area contributed by atoms with Crippen molar-refractivity contribution in [3.63, 3.8) is 0 Å². The third-order valence-electron chi connectivity index (χ3n) is 3.54. The molecule has 0 saturated carbocycles. The Morgan fingerprint density at radius 2 is 1.96 bits per heavy atom. The number of hydrogen-bond acceptors (Lipinski definition) is 5. The van der Waals surface area contributed by atoms with Gasteiger partial charge in [-0.25, -0.2) is 12.8 Å². The Hall–Kier alpha value is -1.64. The van der Waals surface area contributed by atoms with Crippen LogP contribution in [0.2, 0.25) is 0 Å². The van der Waals surface area contributed by atoms with Gasteiger partial charge in [0.25, 0.3) is 10.0 Å². The van der Waals surface area contributed by atoms with Crippen LogP contribution in [0.1, 0.15) is 4.88 Å². The summed E-state index contributed by atoms with van der Waals surface area (Å²) >= 11 is 1.18. The molecule has 0 atom stereocenters. The standard InChI is InChI=1S/C15H17FN2O3S2/c1-11-2-5-15(22-11)23(19,20)17-13-10-12(16)3-4-14(13)18-6-8-21-9-7-18/h2-5,10,17H,6-9H2,1H3. The number of nitrogens with zero attached hydrogens (tertiary/aromatic N) is 1. The van der Waals surface area contributed by atoms with Crippen molar-refractivity contribution in [2.45, 2.75) is 11.1 Å². The summed E-state index contributed by atoms with van der Waals surface area (Å²) in [6, 6.07) is 7.43. The van der Waals surface area contributed by atoms with E-state index in [1.807, 2.05) is 11.8 Å². The highest BCUT2D eigenvalue weighted by Crippen LogP contribution is 2.31. The molecule has 0 bridgehead atoms. The van der Waals surface area contributed by atoms with E-state index in [-0.39, 0.29) is 9.90 Å². The number of aryl methyl sites for hydroxylation is 1. The molecule has 1 aliphatic heterocycles. The van der Waals surface area contributed by atoms with Crippen molar-refractivity contribution in [2.24, 2.45) is 0 Å². The molecule has 8 heteroatoms. The van der Waals surface area contributed by atoms with Gasteiger partial charge in [0.1, 0.15) is 10.0 Å². The first-order chi connectivity index (χ1) is 11.0. The molecule has 1 N–H and O–H groups in total. The zero-order valence-electron chi connectivity index (χ0n) is 12.6. The van der Waals surface area contributed by atoms with Crippen molar-refractivity contribution >= 4 is 32.7 Å². The molecule has 0 spiro atoms. The number of anilines is 2. The smallest absolute Gasteiger partial charge is 0.271 e. The van der Waals surface area contributed by atoms with Gasteiger partial charge < -0.3 is 9.64 Å². The largest absolute Gasteiger partial charge is 0.378 e. The Kier molecular flexibility index (Phi) is 4.56. The highest BCUT2D eigenvalue weighted by atomic mass is 32.2. The van der Waals surface area contributed by atoms with Crippen molar-refractivity contribution in [3.05, 3.63) is 41.0 Å². The molecule has 0 radical (unpaired) electrons. The zero-order chi connectivity index (χ0) is 16.4. The molecule has 1 aromatic carbocycles. The molecule has 1 aliphatic rings. The molecular weight excluding hydrogens is 339 g/mol. The van der Waals surface area contributed by atoms with E-state index in [4.69, 9.17) is 4.74 Å². The number of ether oxygens (including phenoxy) is 1. The fourth-order valence-electron chi connectivity index (χ4n) is 2.42. The summed E-state index contributed by atoms with van der Waals surface area (Å²) < 4.78 is 46.6. The van der Waals surface area contributed by atoms with Crippen molar-refractivity contribution in [1.29, 1.82) is 0 Å². The Morgan fingerprint density at radius 3 is 2.61 bits per heavy atom. The molecule has 124 valence electrons. The molecule has 0 unspecified atom stereocenters. The van der Waals surface area contributed by atoms with Gasteiger partial charge >= 0.3 is 0 Å². The summed E-state index contributed by atoms with van der Waals surface area (Å²) in [4.78, 5) is 2.89. The number of rotatable bonds is 4. The Labute approximate surface area is 138 Å². The molecule has 2 heterocycles. The third-order valence-corrected chi connectivity index (χ3v) is 6.39. The lowest BCUT2D eigenvalue weighted by Crippen LogP contribution is -2.36. The number of thiophene rings is 1. The van der Waals surface area contributed by atoms with E-state index in [9.17, 15) is 12.8 Å². The van der Waals surface area contributed by atoms with Crippen LogP contribution in [0.25, 0.3) is 0 Å². The quantitative estimate of drug-likeness (QED) is 0.915. The summed E-state index contributed by atoms with van der Waals surface area (Å²) in [6.45, 7) is 4.24. The first-order valence-electron chi connectivity index (χ1n) is 7.17. The predicted molar refractivity (Wildman–Crippen MR) is 89.3 cm³/mol. The van der Waals surface area contributed by atoms with Crippen LogP contribution in [-0.4, -0.2) is 34.7 Å². The second kappa shape index (κ2) is 6.46. The molecule has 0 amide bonds. The maximum atomic E-state index is 13.6. The Balaban J connectivity index is 1.93. The first kappa shape index (κ1) is 16.2. The average molecular weight is 356 g/mol. The minimum Gasteiger partial charge on any atom is -0.378 e. The minimum atomic E-state index is -3.73. The van der Waals surface area contributed by atoms with Gasteiger partial charge in [-0.15, -0.1) is 11.3 Å². The van der Waals surface area contributed by atoms with E-state index < -0.39 is 15.8 Å². The van der Waals surface area contributed by atoms with Gasteiger partial charge in [-0.3, -0.25) is 4.72 Å². The monoisotopic (exact) mass is 356 g/mol. The predicted octanol–water partition coefficient (Wildman–Crippen LogP) is 2.83. The second-order valence-corrected chi connectivity index (χ2v) is 8.43. The lowest BCUT2D eigenvalue weighted by Gasteiger charge is -2.30. The normalized spacial score (nSPS) is 15.7. The van der Waals surface area contributed by atoms with Gasteiger partial charge in [-0.1, -0.05) is 0 Å². The van der Waals surface area contributed by atoms with E-state index in [0.29, 0.717) is 32.0 Å². The minimum absolute atomic E-state index is 0.215. The highest BCUT2D eigenvalue weighted by molar-refractivity contribution is 7.94. The molecule has 3 rings (SSSR count). The van der Waals surface area contributed by atoms with Crippen LogP contribution in [-0.2, 0) is 14.8 Å². The SMILES string of the molecule is Cc1ccc(S(=O)(=O)Nc2cc(F)ccc2N2CCOCC2)s1. The number of sulfonamides is 1. The summed E-state index contributed by atoms with van der Waals surface area (Å²) in [6.07, 6.45) is 0. The van der Waals surface area contributed by atoms with Gasteiger partial charge in [0.2, 0.25) is 0 Å². The summed E-state index contributed by atoms with van der Waals surface area (Å²) in [7, 11) is -3.73. The van der Waals surface area contributed by atoms with Crippen LogP contribution in [0.5, 0.6) is 0 Å². The van der Waals surface area contributed by atoms with Crippen molar-refractivity contribution in [1.82, 2.24) is 0 Å². The Bertz CT molecular complexity index is 799. The lowest BCUT2D eigenvalue weighted by molar-refractivity contribution is 0.123. The van der Waals surface area contributed by atoms with Crippen LogP contribution in [0.15, 0.2) is 34.5 Å². The summed E-state index contributed by atoms with van der Waals surface area (Å²) in [5.41, 5.74) is 0.907. The summed E-state index contributed by atoms with van der Waals surface area (Å²) in [5, 5.41) is 0. The van der Waals surface area contributed by atoms with Gasteiger partial charge in [0.05, 0.1) is 24.6 Å².